The predicted octanol–water partition coefficient (Wildman–Crippen LogP) is -0.441. The summed E-state index contributed by atoms with van der Waals surface area (Å²) in [4.78, 5) is 24.5. The molecule has 1 unspecified atom stereocenters. The van der Waals surface area contributed by atoms with Crippen LogP contribution in [0.3, 0.4) is 0 Å². The number of carbonyl (C=O) groups is 1. The number of esters is 1. The van der Waals surface area contributed by atoms with Gasteiger partial charge in [0.1, 0.15) is 6.10 Å². The Labute approximate surface area is 70.7 Å². The van der Waals surface area contributed by atoms with Gasteiger partial charge in [0.25, 0.3) is 0 Å². The smallest absolute Gasteiger partial charge is 0.464 e. The largest absolute Gasteiger partial charge is 0.692 e. The number of hydrogen-bond acceptors (Lipinski definition) is 4. The first-order valence-electron chi connectivity index (χ1n) is 3.11. The number of hydrogen-bond donors (Lipinski definition) is 3. The van der Waals surface area contributed by atoms with Crippen molar-refractivity contribution in [1.29, 1.82) is 0 Å². The number of aliphatic hydroxyl groups excluding tert-OH is 1. The lowest BCUT2D eigenvalue weighted by Crippen LogP contribution is -2.18. The molecule has 0 saturated heterocycles. The SMILES string of the molecule is CCOC(=O)C(C)O.O=[P+](O)O. The third kappa shape index (κ3) is 16.2. The van der Waals surface area contributed by atoms with E-state index in [0.29, 0.717) is 6.61 Å². The van der Waals surface area contributed by atoms with Crippen molar-refractivity contribution in [3.05, 3.63) is 0 Å². The maximum absolute atomic E-state index is 10.3. The van der Waals surface area contributed by atoms with E-state index >= 15 is 0 Å². The lowest BCUT2D eigenvalue weighted by molar-refractivity contribution is -0.151. The van der Waals surface area contributed by atoms with Gasteiger partial charge in [-0.2, -0.15) is 0 Å². The molecule has 0 amide bonds. The van der Waals surface area contributed by atoms with Gasteiger partial charge in [0.15, 0.2) is 0 Å². The quantitative estimate of drug-likeness (QED) is 0.411. The van der Waals surface area contributed by atoms with E-state index in [1.165, 1.54) is 6.92 Å². The van der Waals surface area contributed by atoms with Gasteiger partial charge in [-0.25, -0.2) is 4.79 Å². The molecule has 1 atom stereocenters. The molecular formula is C5H12O6P+. The molecule has 0 aromatic rings. The van der Waals surface area contributed by atoms with Gasteiger partial charge < -0.3 is 9.84 Å². The van der Waals surface area contributed by atoms with Crippen molar-refractivity contribution in [3.8, 4) is 0 Å². The first kappa shape index (κ1) is 14.0. The highest BCUT2D eigenvalue weighted by molar-refractivity contribution is 7.30. The molecule has 0 aromatic carbocycles. The summed E-state index contributed by atoms with van der Waals surface area (Å²) in [6.45, 7) is 3.39. The minimum absolute atomic E-state index is 0.323. The molecule has 0 aliphatic rings. The molecule has 0 saturated carbocycles. The summed E-state index contributed by atoms with van der Waals surface area (Å²) in [6.07, 6.45) is -0.991. The molecule has 0 bridgehead atoms. The molecule has 0 aliphatic carbocycles. The van der Waals surface area contributed by atoms with Crippen molar-refractivity contribution in [2.45, 2.75) is 20.0 Å². The Balaban J connectivity index is 0. The van der Waals surface area contributed by atoms with E-state index in [4.69, 9.17) is 19.5 Å². The van der Waals surface area contributed by atoms with Gasteiger partial charge in [0, 0.05) is 4.57 Å². The minimum atomic E-state index is -2.87. The lowest BCUT2D eigenvalue weighted by atomic mass is 10.4. The van der Waals surface area contributed by atoms with Gasteiger partial charge >= 0.3 is 14.2 Å². The normalized spacial score (nSPS) is 10.8. The fourth-order valence-corrected chi connectivity index (χ4v) is 0.263. The maximum atomic E-state index is 10.3. The number of rotatable bonds is 2. The zero-order valence-corrected chi connectivity index (χ0v) is 7.69. The molecule has 0 fully saturated rings. The summed E-state index contributed by atoms with van der Waals surface area (Å²) < 4.78 is 13.1. The van der Waals surface area contributed by atoms with Gasteiger partial charge in [-0.15, -0.1) is 9.79 Å². The van der Waals surface area contributed by atoms with E-state index in [9.17, 15) is 4.79 Å². The molecule has 3 N–H and O–H groups in total. The van der Waals surface area contributed by atoms with Crippen molar-refractivity contribution in [2.24, 2.45) is 0 Å². The van der Waals surface area contributed by atoms with E-state index in [1.807, 2.05) is 0 Å². The Kier molecular flexibility index (Phi) is 9.97. The summed E-state index contributed by atoms with van der Waals surface area (Å²) in [5.41, 5.74) is 0. The van der Waals surface area contributed by atoms with Crippen LogP contribution in [-0.4, -0.2) is 33.6 Å². The van der Waals surface area contributed by atoms with Crippen LogP contribution in [-0.2, 0) is 14.1 Å². The van der Waals surface area contributed by atoms with Gasteiger partial charge in [0.2, 0.25) is 0 Å². The Hall–Kier alpha value is -0.550. The Bertz CT molecular complexity index is 141. The maximum Gasteiger partial charge on any atom is 0.692 e. The molecule has 12 heavy (non-hydrogen) atoms. The van der Waals surface area contributed by atoms with Gasteiger partial charge in [0.05, 0.1) is 6.61 Å². The highest BCUT2D eigenvalue weighted by Gasteiger charge is 2.07. The van der Waals surface area contributed by atoms with Crippen molar-refractivity contribution < 1.29 is 29.0 Å². The third-order valence-electron chi connectivity index (χ3n) is 0.628. The zero-order chi connectivity index (χ0) is 10.1. The molecule has 0 radical (unpaired) electrons. The summed E-state index contributed by atoms with van der Waals surface area (Å²) in [6, 6.07) is 0. The molecule has 0 rings (SSSR count). The molecule has 0 aromatic heterocycles. The van der Waals surface area contributed by atoms with Gasteiger partial charge in [-0.3, -0.25) is 0 Å². The monoisotopic (exact) mass is 199 g/mol. The second kappa shape index (κ2) is 8.55. The highest BCUT2D eigenvalue weighted by Crippen LogP contribution is 1.98. The number of ether oxygens (including phenoxy) is 1. The minimum Gasteiger partial charge on any atom is -0.464 e. The topological polar surface area (TPSA) is 104 Å². The van der Waals surface area contributed by atoms with Crippen LogP contribution in [0.25, 0.3) is 0 Å². The van der Waals surface area contributed by atoms with Crippen LogP contribution < -0.4 is 0 Å². The van der Waals surface area contributed by atoms with Crippen LogP contribution in [0, 0.1) is 0 Å². The molecule has 0 aliphatic heterocycles. The molecule has 7 heteroatoms. The fourth-order valence-electron chi connectivity index (χ4n) is 0.263. The second-order valence-corrected chi connectivity index (χ2v) is 2.19. The fraction of sp³-hybridized carbons (Fsp3) is 0.800. The van der Waals surface area contributed by atoms with Crippen LogP contribution in [0.2, 0.25) is 0 Å². The summed E-state index contributed by atoms with van der Waals surface area (Å²) >= 11 is 0. The predicted molar refractivity (Wildman–Crippen MR) is 40.4 cm³/mol. The second-order valence-electron chi connectivity index (χ2n) is 1.68. The average molecular weight is 199 g/mol. The van der Waals surface area contributed by atoms with Crippen molar-refractivity contribution in [3.63, 3.8) is 0 Å². The standard InChI is InChI=1S/C5H10O3.HO3P/c1-3-8-5(7)4(2)6;1-4(2)3/h4,6H,3H2,1-2H3;(H-,1,2,3)/p+1. The Morgan fingerprint density at radius 2 is 1.92 bits per heavy atom. The van der Waals surface area contributed by atoms with E-state index in [-0.39, 0.29) is 0 Å². The summed E-state index contributed by atoms with van der Waals surface area (Å²) in [5, 5.41) is 8.48. The summed E-state index contributed by atoms with van der Waals surface area (Å²) in [7, 11) is -2.87. The molecule has 72 valence electrons. The van der Waals surface area contributed by atoms with Gasteiger partial charge in [-0.1, -0.05) is 0 Å². The Morgan fingerprint density at radius 3 is 2.00 bits per heavy atom. The number of aliphatic hydroxyl groups is 1. The average Bonchev–Trinajstić information content (AvgIpc) is 1.86. The number of carbonyl (C=O) groups excluding carboxylic acids is 1. The van der Waals surface area contributed by atoms with E-state index in [2.05, 4.69) is 4.74 Å². The van der Waals surface area contributed by atoms with Gasteiger partial charge in [-0.05, 0) is 13.8 Å². The zero-order valence-electron chi connectivity index (χ0n) is 6.80. The summed E-state index contributed by atoms with van der Waals surface area (Å²) in [5.74, 6) is -0.562. The van der Waals surface area contributed by atoms with E-state index < -0.39 is 20.3 Å². The van der Waals surface area contributed by atoms with Crippen molar-refractivity contribution in [2.75, 3.05) is 6.61 Å². The highest BCUT2D eigenvalue weighted by atomic mass is 31.1. The van der Waals surface area contributed by atoms with Crippen molar-refractivity contribution >= 4 is 14.2 Å². The van der Waals surface area contributed by atoms with Crippen LogP contribution in [0.1, 0.15) is 13.8 Å². The first-order chi connectivity index (χ1) is 5.41. The van der Waals surface area contributed by atoms with Crippen LogP contribution in [0.4, 0.5) is 0 Å². The van der Waals surface area contributed by atoms with E-state index in [0.717, 1.165) is 0 Å². The Morgan fingerprint density at radius 1 is 1.58 bits per heavy atom. The van der Waals surface area contributed by atoms with Crippen LogP contribution >= 0.6 is 8.25 Å². The van der Waals surface area contributed by atoms with Crippen LogP contribution in [0.15, 0.2) is 0 Å². The van der Waals surface area contributed by atoms with Crippen LogP contribution in [0.5, 0.6) is 0 Å². The first-order valence-corrected chi connectivity index (χ1v) is 4.28. The van der Waals surface area contributed by atoms with Crippen molar-refractivity contribution in [1.82, 2.24) is 0 Å². The molecule has 0 heterocycles. The molecule has 6 nitrogen and oxygen atoms in total. The third-order valence-corrected chi connectivity index (χ3v) is 0.628. The lowest BCUT2D eigenvalue weighted by Gasteiger charge is -2.01. The molecule has 0 spiro atoms. The van der Waals surface area contributed by atoms with E-state index in [1.54, 1.807) is 6.92 Å². The molecular weight excluding hydrogens is 187 g/mol.